The topological polar surface area (TPSA) is 12.0 Å². The summed E-state index contributed by atoms with van der Waals surface area (Å²) in [6.45, 7) is 0.922. The van der Waals surface area contributed by atoms with Crippen molar-refractivity contribution in [3.05, 3.63) is 58.6 Å². The lowest BCUT2D eigenvalue weighted by Crippen LogP contribution is -2.04. The van der Waals surface area contributed by atoms with Crippen LogP contribution < -0.4 is 5.32 Å². The molecule has 0 aromatic heterocycles. The van der Waals surface area contributed by atoms with Crippen molar-refractivity contribution < 1.29 is 0 Å². The van der Waals surface area contributed by atoms with Crippen molar-refractivity contribution in [1.29, 1.82) is 0 Å². The highest BCUT2D eigenvalue weighted by molar-refractivity contribution is 7.99. The minimum absolute atomic E-state index is 0.787. The molecule has 0 unspecified atom stereocenters. The van der Waals surface area contributed by atoms with Gasteiger partial charge in [-0.3, -0.25) is 0 Å². The van der Waals surface area contributed by atoms with Crippen LogP contribution in [0, 0.1) is 0 Å². The number of hydrogen-bond donors (Lipinski definition) is 1. The Morgan fingerprint density at radius 3 is 2.80 bits per heavy atom. The number of hydrogen-bond acceptors (Lipinski definition) is 2. The van der Waals surface area contributed by atoms with Gasteiger partial charge in [-0.25, -0.2) is 0 Å². The van der Waals surface area contributed by atoms with Gasteiger partial charge < -0.3 is 5.32 Å². The zero-order valence-electron chi connectivity index (χ0n) is 11.4. The second-order valence-corrected chi connectivity index (χ2v) is 6.61. The van der Waals surface area contributed by atoms with Gasteiger partial charge in [0.15, 0.2) is 0 Å². The maximum atomic E-state index is 6.11. The predicted octanol–water partition coefficient (Wildman–Crippen LogP) is 5.03. The lowest BCUT2D eigenvalue weighted by Gasteiger charge is -2.08. The van der Waals surface area contributed by atoms with Gasteiger partial charge in [-0.1, -0.05) is 29.8 Å². The molecule has 0 bridgehead atoms. The molecule has 0 saturated carbocycles. The van der Waals surface area contributed by atoms with E-state index in [4.69, 9.17) is 11.6 Å². The van der Waals surface area contributed by atoms with Crippen molar-refractivity contribution in [2.75, 3.05) is 17.6 Å². The van der Waals surface area contributed by atoms with E-state index in [0.29, 0.717) is 0 Å². The van der Waals surface area contributed by atoms with E-state index in [1.165, 1.54) is 24.2 Å². The molecule has 0 amide bonds. The van der Waals surface area contributed by atoms with E-state index in [-0.39, 0.29) is 0 Å². The summed E-state index contributed by atoms with van der Waals surface area (Å²) in [6.07, 6.45) is 3.83. The third kappa shape index (κ3) is 3.31. The van der Waals surface area contributed by atoms with Crippen LogP contribution in [0.5, 0.6) is 0 Å². The van der Waals surface area contributed by atoms with Gasteiger partial charge in [0.2, 0.25) is 0 Å². The zero-order valence-corrected chi connectivity index (χ0v) is 12.9. The van der Waals surface area contributed by atoms with Crippen LogP contribution in [0.15, 0.2) is 47.4 Å². The van der Waals surface area contributed by atoms with E-state index >= 15 is 0 Å². The summed E-state index contributed by atoms with van der Waals surface area (Å²) in [6, 6.07) is 14.8. The van der Waals surface area contributed by atoms with Gasteiger partial charge in [0.05, 0.1) is 10.7 Å². The van der Waals surface area contributed by atoms with Crippen LogP contribution in [0.3, 0.4) is 0 Å². The fourth-order valence-corrected chi connectivity index (χ4v) is 3.63. The minimum Gasteiger partial charge on any atom is -0.383 e. The molecular formula is C17H18ClNS. The van der Waals surface area contributed by atoms with E-state index in [1.54, 1.807) is 11.1 Å². The first kappa shape index (κ1) is 13.8. The number of aryl methyl sites for hydroxylation is 2. The molecule has 0 saturated heterocycles. The Balaban J connectivity index is 1.49. The highest BCUT2D eigenvalue weighted by Gasteiger charge is 2.10. The largest absolute Gasteiger partial charge is 0.383 e. The van der Waals surface area contributed by atoms with Gasteiger partial charge in [0.1, 0.15) is 0 Å². The number of para-hydroxylation sites is 1. The molecule has 20 heavy (non-hydrogen) atoms. The summed E-state index contributed by atoms with van der Waals surface area (Å²) in [5, 5.41) is 4.17. The minimum atomic E-state index is 0.787. The number of benzene rings is 2. The average molecular weight is 304 g/mol. The zero-order chi connectivity index (χ0) is 13.8. The molecule has 2 aromatic carbocycles. The molecule has 0 heterocycles. The van der Waals surface area contributed by atoms with Crippen molar-refractivity contribution in [2.45, 2.75) is 24.2 Å². The Morgan fingerprint density at radius 2 is 1.90 bits per heavy atom. The Bertz CT molecular complexity index is 597. The van der Waals surface area contributed by atoms with Crippen LogP contribution in [0.1, 0.15) is 17.5 Å². The molecule has 1 aliphatic rings. The van der Waals surface area contributed by atoms with Crippen molar-refractivity contribution in [3.63, 3.8) is 0 Å². The lowest BCUT2D eigenvalue weighted by atomic mass is 10.1. The number of nitrogens with one attached hydrogen (secondary N) is 1. The molecule has 0 atom stereocenters. The summed E-state index contributed by atoms with van der Waals surface area (Å²) >= 11 is 8.02. The first-order valence-corrected chi connectivity index (χ1v) is 8.42. The maximum Gasteiger partial charge on any atom is 0.0637 e. The fraction of sp³-hybridized carbons (Fsp3) is 0.294. The molecule has 2 aromatic rings. The van der Waals surface area contributed by atoms with Gasteiger partial charge in [-0.2, -0.15) is 0 Å². The molecule has 1 aliphatic carbocycles. The smallest absolute Gasteiger partial charge is 0.0637 e. The molecule has 0 aliphatic heterocycles. The molecule has 0 spiro atoms. The first-order chi connectivity index (χ1) is 9.83. The number of anilines is 1. The molecule has 0 radical (unpaired) electrons. The van der Waals surface area contributed by atoms with Crippen LogP contribution in [-0.4, -0.2) is 12.3 Å². The molecule has 104 valence electrons. The third-order valence-electron chi connectivity index (χ3n) is 3.63. The van der Waals surface area contributed by atoms with Gasteiger partial charge in [-0.05, 0) is 54.7 Å². The molecule has 0 fully saturated rings. The number of thioether (sulfide) groups is 1. The van der Waals surface area contributed by atoms with Gasteiger partial charge >= 0.3 is 0 Å². The van der Waals surface area contributed by atoms with Gasteiger partial charge in [0, 0.05) is 17.2 Å². The van der Waals surface area contributed by atoms with Crippen LogP contribution >= 0.6 is 23.4 Å². The van der Waals surface area contributed by atoms with Crippen LogP contribution in [0.4, 0.5) is 5.69 Å². The Labute approximate surface area is 129 Å². The van der Waals surface area contributed by atoms with Crippen LogP contribution in [0.2, 0.25) is 5.02 Å². The van der Waals surface area contributed by atoms with E-state index < -0.39 is 0 Å². The number of halogens is 1. The quantitative estimate of drug-likeness (QED) is 0.614. The highest BCUT2D eigenvalue weighted by atomic mass is 35.5. The van der Waals surface area contributed by atoms with E-state index in [0.717, 1.165) is 23.0 Å². The first-order valence-electron chi connectivity index (χ1n) is 7.06. The normalized spacial score (nSPS) is 13.2. The summed E-state index contributed by atoms with van der Waals surface area (Å²) in [4.78, 5) is 1.38. The van der Waals surface area contributed by atoms with Crippen molar-refractivity contribution in [2.24, 2.45) is 0 Å². The van der Waals surface area contributed by atoms with E-state index in [9.17, 15) is 0 Å². The standard InChI is InChI=1S/C17H18ClNS/c18-16-6-1-2-7-17(16)19-10-11-20-15-9-8-13-4-3-5-14(13)12-15/h1-2,6-9,12,19H,3-5,10-11H2. The SMILES string of the molecule is Clc1ccccc1NCCSc1ccc2c(c1)CCC2. The van der Waals surface area contributed by atoms with Crippen molar-refractivity contribution >= 4 is 29.1 Å². The lowest BCUT2D eigenvalue weighted by molar-refractivity contribution is 0.911. The van der Waals surface area contributed by atoms with Crippen LogP contribution in [0.25, 0.3) is 0 Å². The van der Waals surface area contributed by atoms with Crippen LogP contribution in [-0.2, 0) is 12.8 Å². The van der Waals surface area contributed by atoms with E-state index in [1.807, 2.05) is 36.0 Å². The monoisotopic (exact) mass is 303 g/mol. The number of rotatable bonds is 5. The third-order valence-corrected chi connectivity index (χ3v) is 4.96. The molecule has 3 heteroatoms. The molecule has 3 rings (SSSR count). The summed E-state index contributed by atoms with van der Waals surface area (Å²) in [5.74, 6) is 1.05. The van der Waals surface area contributed by atoms with Crippen molar-refractivity contribution in [1.82, 2.24) is 0 Å². The molecular weight excluding hydrogens is 286 g/mol. The maximum absolute atomic E-state index is 6.11. The summed E-state index contributed by atoms with van der Waals surface area (Å²) < 4.78 is 0. The average Bonchev–Trinajstić information content (AvgIpc) is 2.93. The Kier molecular flexibility index (Phi) is 4.54. The second kappa shape index (κ2) is 6.55. The van der Waals surface area contributed by atoms with E-state index in [2.05, 4.69) is 23.5 Å². The predicted molar refractivity (Wildman–Crippen MR) is 89.1 cm³/mol. The van der Waals surface area contributed by atoms with Gasteiger partial charge in [0.25, 0.3) is 0 Å². The summed E-state index contributed by atoms with van der Waals surface area (Å²) in [5.41, 5.74) is 4.11. The molecule has 1 N–H and O–H groups in total. The summed E-state index contributed by atoms with van der Waals surface area (Å²) in [7, 11) is 0. The molecule has 1 nitrogen and oxygen atoms in total. The van der Waals surface area contributed by atoms with Crippen molar-refractivity contribution in [3.8, 4) is 0 Å². The second-order valence-electron chi connectivity index (χ2n) is 5.04. The fourth-order valence-electron chi connectivity index (χ4n) is 2.60. The Morgan fingerprint density at radius 1 is 1.05 bits per heavy atom. The highest BCUT2D eigenvalue weighted by Crippen LogP contribution is 2.27. The van der Waals surface area contributed by atoms with Gasteiger partial charge in [-0.15, -0.1) is 11.8 Å². The Hall–Kier alpha value is -1.12. The number of fused-ring (bicyclic) bond motifs is 1.